The van der Waals surface area contributed by atoms with Crippen molar-refractivity contribution < 1.29 is 14.7 Å². The molecule has 0 radical (unpaired) electrons. The summed E-state index contributed by atoms with van der Waals surface area (Å²) in [6, 6.07) is -0.604. The highest BCUT2D eigenvalue weighted by Gasteiger charge is 2.38. The fourth-order valence-electron chi connectivity index (χ4n) is 1.83. The number of carboxylic acids is 1. The molecular formula is C9H13NO3S2. The fourth-order valence-corrected chi connectivity index (χ4v) is 4.19. The molecule has 0 bridgehead atoms. The van der Waals surface area contributed by atoms with Crippen LogP contribution in [0.5, 0.6) is 0 Å². The van der Waals surface area contributed by atoms with E-state index in [0.29, 0.717) is 11.6 Å². The summed E-state index contributed by atoms with van der Waals surface area (Å²) in [6.07, 6.45) is 0.900. The Kier molecular flexibility index (Phi) is 3.45. The van der Waals surface area contributed by atoms with Gasteiger partial charge in [-0.1, -0.05) is 0 Å². The maximum atomic E-state index is 12.0. The van der Waals surface area contributed by atoms with Gasteiger partial charge < -0.3 is 10.0 Å². The van der Waals surface area contributed by atoms with E-state index in [-0.39, 0.29) is 11.8 Å². The van der Waals surface area contributed by atoms with Gasteiger partial charge in [-0.05, 0) is 12.2 Å². The van der Waals surface area contributed by atoms with Crippen LogP contribution in [0, 0.1) is 5.92 Å². The number of carboxylic acid groups (broad SMARTS) is 1. The molecule has 1 unspecified atom stereocenters. The lowest BCUT2D eigenvalue weighted by atomic mass is 10.1. The van der Waals surface area contributed by atoms with Crippen molar-refractivity contribution in [1.29, 1.82) is 0 Å². The second kappa shape index (κ2) is 4.65. The van der Waals surface area contributed by atoms with Crippen LogP contribution in [-0.2, 0) is 9.59 Å². The number of carbonyl (C=O) groups excluding carboxylic acids is 1. The van der Waals surface area contributed by atoms with Gasteiger partial charge in [-0.15, -0.1) is 11.8 Å². The highest BCUT2D eigenvalue weighted by atomic mass is 32.2. The molecule has 1 amide bonds. The monoisotopic (exact) mass is 247 g/mol. The molecule has 2 saturated heterocycles. The van der Waals surface area contributed by atoms with Gasteiger partial charge in [-0.2, -0.15) is 11.8 Å². The van der Waals surface area contributed by atoms with E-state index in [0.717, 1.165) is 17.9 Å². The fraction of sp³-hybridized carbons (Fsp3) is 0.778. The minimum atomic E-state index is -0.876. The Balaban J connectivity index is 2.02. The first-order valence-corrected chi connectivity index (χ1v) is 7.20. The van der Waals surface area contributed by atoms with Gasteiger partial charge in [0.15, 0.2) is 0 Å². The molecule has 0 aliphatic carbocycles. The van der Waals surface area contributed by atoms with Crippen molar-refractivity contribution >= 4 is 35.4 Å². The van der Waals surface area contributed by atoms with E-state index in [1.165, 1.54) is 16.7 Å². The molecule has 2 fully saturated rings. The Bertz CT molecular complexity index is 279. The van der Waals surface area contributed by atoms with E-state index in [2.05, 4.69) is 0 Å². The molecule has 0 aromatic rings. The first-order chi connectivity index (χ1) is 7.20. The van der Waals surface area contributed by atoms with Crippen molar-refractivity contribution in [2.24, 2.45) is 5.92 Å². The van der Waals surface area contributed by atoms with Crippen molar-refractivity contribution in [3.05, 3.63) is 0 Å². The highest BCUT2D eigenvalue weighted by Crippen LogP contribution is 2.29. The average molecular weight is 247 g/mol. The molecule has 2 aliphatic heterocycles. The molecule has 0 saturated carbocycles. The lowest BCUT2D eigenvalue weighted by Gasteiger charge is -2.23. The molecule has 2 heterocycles. The first-order valence-electron chi connectivity index (χ1n) is 4.89. The third kappa shape index (κ3) is 2.25. The maximum absolute atomic E-state index is 12.0. The number of rotatable bonds is 2. The molecule has 2 rings (SSSR count). The molecule has 0 spiro atoms. The first kappa shape index (κ1) is 11.1. The Hall–Kier alpha value is -0.360. The number of aliphatic carboxylic acids is 1. The van der Waals surface area contributed by atoms with Gasteiger partial charge in [0.1, 0.15) is 6.04 Å². The molecular weight excluding hydrogens is 234 g/mol. The van der Waals surface area contributed by atoms with E-state index < -0.39 is 12.0 Å². The Morgan fingerprint density at radius 1 is 1.27 bits per heavy atom. The zero-order valence-corrected chi connectivity index (χ0v) is 9.85. The summed E-state index contributed by atoms with van der Waals surface area (Å²) < 4.78 is 0. The topological polar surface area (TPSA) is 57.6 Å². The number of hydrogen-bond acceptors (Lipinski definition) is 4. The van der Waals surface area contributed by atoms with Gasteiger partial charge in [0.05, 0.1) is 5.88 Å². The quantitative estimate of drug-likeness (QED) is 0.779. The van der Waals surface area contributed by atoms with E-state index in [4.69, 9.17) is 5.11 Å². The summed E-state index contributed by atoms with van der Waals surface area (Å²) in [6.45, 7) is 0. The van der Waals surface area contributed by atoms with Gasteiger partial charge in [0.25, 0.3) is 0 Å². The predicted molar refractivity (Wildman–Crippen MR) is 61.0 cm³/mol. The highest BCUT2D eigenvalue weighted by molar-refractivity contribution is 7.99. The Labute approximate surface area is 96.8 Å². The summed E-state index contributed by atoms with van der Waals surface area (Å²) >= 11 is 3.30. The zero-order valence-electron chi connectivity index (χ0n) is 8.22. The third-order valence-electron chi connectivity index (χ3n) is 2.73. The second-order valence-electron chi connectivity index (χ2n) is 3.72. The summed E-state index contributed by atoms with van der Waals surface area (Å²) in [7, 11) is 0. The van der Waals surface area contributed by atoms with Crippen LogP contribution in [-0.4, -0.2) is 51.1 Å². The van der Waals surface area contributed by atoms with Crippen LogP contribution >= 0.6 is 23.5 Å². The molecule has 2 atom stereocenters. The molecule has 6 heteroatoms. The van der Waals surface area contributed by atoms with Crippen LogP contribution in [0.25, 0.3) is 0 Å². The molecule has 84 valence electrons. The number of nitrogens with zero attached hydrogens (tertiary/aromatic N) is 1. The van der Waals surface area contributed by atoms with E-state index in [1.54, 1.807) is 11.8 Å². The maximum Gasteiger partial charge on any atom is 0.327 e. The van der Waals surface area contributed by atoms with Gasteiger partial charge >= 0.3 is 5.97 Å². The van der Waals surface area contributed by atoms with Crippen molar-refractivity contribution in [3.8, 4) is 0 Å². The van der Waals surface area contributed by atoms with Crippen LogP contribution < -0.4 is 0 Å². The lowest BCUT2D eigenvalue weighted by molar-refractivity contribution is -0.149. The third-order valence-corrected chi connectivity index (χ3v) is 4.90. The standard InChI is InChI=1S/C9H13NO3S2/c11-8(6-1-2-14-3-6)10-5-15-4-7(10)9(12)13/h6-7H,1-5H2,(H,12,13)/t6?,7-/m0/s1. The van der Waals surface area contributed by atoms with Gasteiger partial charge in [-0.3, -0.25) is 4.79 Å². The average Bonchev–Trinajstić information content (AvgIpc) is 2.88. The normalized spacial score (nSPS) is 30.8. The smallest absolute Gasteiger partial charge is 0.327 e. The van der Waals surface area contributed by atoms with Crippen molar-refractivity contribution in [2.45, 2.75) is 12.5 Å². The number of hydrogen-bond donors (Lipinski definition) is 1. The van der Waals surface area contributed by atoms with E-state index in [9.17, 15) is 9.59 Å². The molecule has 0 aromatic heterocycles. The molecule has 2 aliphatic rings. The largest absolute Gasteiger partial charge is 0.480 e. The minimum absolute atomic E-state index is 0.0393. The van der Waals surface area contributed by atoms with Gasteiger partial charge in [0, 0.05) is 17.4 Å². The zero-order chi connectivity index (χ0) is 10.8. The Morgan fingerprint density at radius 2 is 2.07 bits per heavy atom. The molecule has 15 heavy (non-hydrogen) atoms. The lowest BCUT2D eigenvalue weighted by Crippen LogP contribution is -2.44. The number of amides is 1. The van der Waals surface area contributed by atoms with Gasteiger partial charge in [0.2, 0.25) is 5.91 Å². The second-order valence-corrected chi connectivity index (χ2v) is 5.87. The SMILES string of the molecule is O=C(O)[C@@H]1CSCN1C(=O)C1CCSC1. The van der Waals surface area contributed by atoms with Crippen LogP contribution in [0.4, 0.5) is 0 Å². The summed E-state index contributed by atoms with van der Waals surface area (Å²) in [4.78, 5) is 24.4. The van der Waals surface area contributed by atoms with Crippen LogP contribution in [0.1, 0.15) is 6.42 Å². The van der Waals surface area contributed by atoms with Crippen LogP contribution in [0.15, 0.2) is 0 Å². The minimum Gasteiger partial charge on any atom is -0.480 e. The van der Waals surface area contributed by atoms with Crippen LogP contribution in [0.2, 0.25) is 0 Å². The van der Waals surface area contributed by atoms with Crippen LogP contribution in [0.3, 0.4) is 0 Å². The molecule has 4 nitrogen and oxygen atoms in total. The van der Waals surface area contributed by atoms with Crippen molar-refractivity contribution in [3.63, 3.8) is 0 Å². The number of carbonyl (C=O) groups is 2. The van der Waals surface area contributed by atoms with E-state index >= 15 is 0 Å². The number of thioether (sulfide) groups is 2. The molecule has 0 aromatic carbocycles. The summed E-state index contributed by atoms with van der Waals surface area (Å²) in [5, 5.41) is 8.96. The predicted octanol–water partition coefficient (Wildman–Crippen LogP) is 0.726. The Morgan fingerprint density at radius 3 is 2.67 bits per heavy atom. The van der Waals surface area contributed by atoms with E-state index in [1.807, 2.05) is 0 Å². The van der Waals surface area contributed by atoms with Crippen molar-refractivity contribution in [2.75, 3.05) is 23.1 Å². The summed E-state index contributed by atoms with van der Waals surface area (Å²) in [5.41, 5.74) is 0. The van der Waals surface area contributed by atoms with Gasteiger partial charge in [-0.25, -0.2) is 4.79 Å². The van der Waals surface area contributed by atoms with Crippen molar-refractivity contribution in [1.82, 2.24) is 4.90 Å². The summed E-state index contributed by atoms with van der Waals surface area (Å²) in [5.74, 6) is 2.16. The molecule has 1 N–H and O–H groups in total.